The van der Waals surface area contributed by atoms with E-state index in [9.17, 15) is 19.0 Å². The highest BCUT2D eigenvalue weighted by Crippen LogP contribution is 2.43. The molecule has 0 fully saturated rings. The van der Waals surface area contributed by atoms with E-state index >= 15 is 0 Å². The maximum Gasteiger partial charge on any atom is 0.472 e. The van der Waals surface area contributed by atoms with Crippen molar-refractivity contribution < 1.29 is 37.6 Å². The van der Waals surface area contributed by atoms with Crippen molar-refractivity contribution in [3.8, 4) is 0 Å². The average Bonchev–Trinajstić information content (AvgIpc) is 3.48. The molecule has 0 radical (unpaired) electrons. The first kappa shape index (κ1) is 79.9. The number of phosphoric ester groups is 1. The van der Waals surface area contributed by atoms with Crippen LogP contribution in [0.25, 0.3) is 0 Å². The van der Waals surface area contributed by atoms with Gasteiger partial charge in [0.25, 0.3) is 0 Å². The first-order valence-electron chi connectivity index (χ1n) is 34.7. The summed E-state index contributed by atoms with van der Waals surface area (Å²) in [4.78, 5) is 35.3. The number of carbonyl (C=O) groups excluding carboxylic acids is 2. The molecule has 10 heteroatoms. The number of hydrogen-bond acceptors (Lipinski definition) is 8. The largest absolute Gasteiger partial charge is 0.472 e. The van der Waals surface area contributed by atoms with Gasteiger partial charge >= 0.3 is 19.8 Å². The van der Waals surface area contributed by atoms with Gasteiger partial charge in [-0.25, -0.2) is 4.57 Å². The van der Waals surface area contributed by atoms with Crippen molar-refractivity contribution in [2.75, 3.05) is 26.4 Å². The highest BCUT2D eigenvalue weighted by molar-refractivity contribution is 7.47. The smallest absolute Gasteiger partial charge is 0.462 e. The van der Waals surface area contributed by atoms with Crippen LogP contribution in [0.3, 0.4) is 0 Å². The number of phosphoric acid groups is 1. The van der Waals surface area contributed by atoms with Gasteiger partial charge in [-0.15, -0.1) is 0 Å². The van der Waals surface area contributed by atoms with Gasteiger partial charge in [0.2, 0.25) is 0 Å². The number of hydrogen-bond donors (Lipinski definition) is 2. The number of rotatable bonds is 65. The highest BCUT2D eigenvalue weighted by Gasteiger charge is 2.26. The fourth-order valence-corrected chi connectivity index (χ4v) is 10.7. The van der Waals surface area contributed by atoms with Crippen LogP contribution in [-0.4, -0.2) is 49.3 Å². The number of esters is 2. The summed E-state index contributed by atoms with van der Waals surface area (Å²) >= 11 is 0. The molecule has 0 aromatic rings. The second-order valence-corrected chi connectivity index (χ2v) is 24.5. The number of ether oxygens (including phenoxy) is 2. The minimum atomic E-state index is -4.40. The molecule has 0 saturated carbocycles. The third-order valence-corrected chi connectivity index (χ3v) is 16.0. The molecule has 0 bridgehead atoms. The summed E-state index contributed by atoms with van der Waals surface area (Å²) in [6, 6.07) is 0. The molecule has 9 nitrogen and oxygen atoms in total. The van der Waals surface area contributed by atoms with Crippen LogP contribution in [0.15, 0.2) is 97.2 Å². The lowest BCUT2D eigenvalue weighted by Gasteiger charge is -2.19. The number of unbranched alkanes of at least 4 members (excludes halogenated alkanes) is 36. The zero-order valence-electron chi connectivity index (χ0n) is 53.9. The zero-order chi connectivity index (χ0) is 60.1. The molecule has 0 aromatic carbocycles. The summed E-state index contributed by atoms with van der Waals surface area (Å²) in [5, 5.41) is 0. The summed E-state index contributed by atoms with van der Waals surface area (Å²) in [7, 11) is -4.40. The van der Waals surface area contributed by atoms with Gasteiger partial charge in [0.05, 0.1) is 13.2 Å². The Morgan fingerprint density at radius 3 is 0.988 bits per heavy atom. The summed E-state index contributed by atoms with van der Waals surface area (Å²) < 4.78 is 33.2. The third kappa shape index (κ3) is 67.9. The van der Waals surface area contributed by atoms with Gasteiger partial charge in [-0.3, -0.25) is 18.6 Å². The monoisotopic (exact) mass is 1180 g/mol. The van der Waals surface area contributed by atoms with Crippen molar-refractivity contribution >= 4 is 19.8 Å². The lowest BCUT2D eigenvalue weighted by molar-refractivity contribution is -0.161. The molecule has 0 saturated heterocycles. The molecule has 0 aliphatic rings. The Balaban J connectivity index is 3.92. The Bertz CT molecular complexity index is 1680. The van der Waals surface area contributed by atoms with Crippen molar-refractivity contribution in [1.82, 2.24) is 0 Å². The van der Waals surface area contributed by atoms with Gasteiger partial charge < -0.3 is 20.1 Å². The maximum atomic E-state index is 12.8. The van der Waals surface area contributed by atoms with Crippen molar-refractivity contribution in [1.29, 1.82) is 0 Å². The van der Waals surface area contributed by atoms with Gasteiger partial charge in [0.1, 0.15) is 6.61 Å². The maximum absolute atomic E-state index is 12.8. The third-order valence-electron chi connectivity index (χ3n) is 15.0. The van der Waals surface area contributed by atoms with Crippen molar-refractivity contribution in [3.63, 3.8) is 0 Å². The predicted molar refractivity (Wildman–Crippen MR) is 358 cm³/mol. The predicted octanol–water partition coefficient (Wildman–Crippen LogP) is 22.7. The normalized spacial score (nSPS) is 13.5. The Labute approximate surface area is 512 Å². The minimum absolute atomic E-state index is 0.0475. The van der Waals surface area contributed by atoms with Crippen molar-refractivity contribution in [3.05, 3.63) is 97.2 Å². The standard InChI is InChI=1S/C73H130NO8P/c1-3-5-7-9-11-13-15-17-19-21-23-25-27-29-31-33-35-37-39-41-43-45-47-49-51-53-55-57-59-61-63-65-72(75)79-69-71(70-81-83(77,78)80-68-67-74)82-73(76)66-64-62-60-58-56-54-52-50-48-46-44-42-40-38-36-34-32-30-28-26-24-22-20-18-16-14-12-10-8-6-4-2/h6,8,12,14,18,20,24,26,30,32,36,38,42,44,48,50,71H,3-5,7,9-11,13,15-17,19,21-23,25,27-29,31,33-35,37,39-41,43,45-47,49,51-70,74H2,1-2H3,(H,77,78)/b8-6-,14-12-,20-18-,26-24-,32-30-,38-36-,44-42-,50-48-. The molecular weight excluding hydrogens is 1050 g/mol. The molecule has 0 spiro atoms. The van der Waals surface area contributed by atoms with E-state index in [-0.39, 0.29) is 38.6 Å². The van der Waals surface area contributed by atoms with Crippen molar-refractivity contribution in [2.45, 2.75) is 328 Å². The summed E-state index contributed by atoms with van der Waals surface area (Å²) in [5.41, 5.74) is 5.40. The molecule has 0 aliphatic carbocycles. The van der Waals surface area contributed by atoms with E-state index < -0.39 is 26.5 Å². The lowest BCUT2D eigenvalue weighted by atomic mass is 10.0. The van der Waals surface area contributed by atoms with Crippen LogP contribution in [0.4, 0.5) is 0 Å². The minimum Gasteiger partial charge on any atom is -0.462 e. The summed E-state index contributed by atoms with van der Waals surface area (Å²) in [6.45, 7) is 3.65. The van der Waals surface area contributed by atoms with E-state index in [1.54, 1.807) is 0 Å². The fraction of sp³-hybridized carbons (Fsp3) is 0.753. The van der Waals surface area contributed by atoms with E-state index in [4.69, 9.17) is 24.3 Å². The van der Waals surface area contributed by atoms with Crippen LogP contribution in [0.1, 0.15) is 322 Å². The van der Waals surface area contributed by atoms with Crippen LogP contribution < -0.4 is 5.73 Å². The zero-order valence-corrected chi connectivity index (χ0v) is 54.8. The van der Waals surface area contributed by atoms with E-state index in [1.807, 2.05) is 0 Å². The van der Waals surface area contributed by atoms with E-state index in [1.165, 1.54) is 180 Å². The highest BCUT2D eigenvalue weighted by atomic mass is 31.2. The van der Waals surface area contributed by atoms with Crippen LogP contribution in [0.5, 0.6) is 0 Å². The van der Waals surface area contributed by atoms with Crippen molar-refractivity contribution in [2.24, 2.45) is 5.73 Å². The average molecular weight is 1180 g/mol. The van der Waals surface area contributed by atoms with Gasteiger partial charge in [-0.1, -0.05) is 329 Å². The quantitative estimate of drug-likeness (QED) is 0.0264. The molecule has 2 atom stereocenters. The molecule has 0 amide bonds. The molecule has 0 rings (SSSR count). The first-order valence-corrected chi connectivity index (χ1v) is 36.2. The van der Waals surface area contributed by atoms with Gasteiger partial charge in [0.15, 0.2) is 6.10 Å². The molecule has 83 heavy (non-hydrogen) atoms. The Kier molecular flexibility index (Phi) is 65.5. The Morgan fingerprint density at radius 1 is 0.373 bits per heavy atom. The van der Waals surface area contributed by atoms with E-state index in [0.717, 1.165) is 109 Å². The number of nitrogens with two attached hydrogens (primary N) is 1. The van der Waals surface area contributed by atoms with Gasteiger partial charge in [0, 0.05) is 19.4 Å². The molecule has 0 aromatic heterocycles. The molecule has 0 aliphatic heterocycles. The number of allylic oxidation sites excluding steroid dienone is 16. The first-order chi connectivity index (χ1) is 40.8. The molecular formula is C73H130NO8P. The van der Waals surface area contributed by atoms with Gasteiger partial charge in [-0.05, 0) is 77.0 Å². The molecule has 480 valence electrons. The SMILES string of the molecule is CC/C=C\C/C=C\C/C=C\C/C=C\C/C=C\C/C=C\C/C=C\C/C=C\CCCCCCCCC(=O)OC(COC(=O)CCCCCCCCCCCCCCCCCCCCCCCCCCCCCCCCC)COP(=O)(O)OCCN. The Hall–Kier alpha value is -3.07. The van der Waals surface area contributed by atoms with Crippen LogP contribution >= 0.6 is 7.82 Å². The fourth-order valence-electron chi connectivity index (χ4n) is 9.89. The van der Waals surface area contributed by atoms with Crippen LogP contribution in [-0.2, 0) is 32.7 Å². The Morgan fingerprint density at radius 2 is 0.663 bits per heavy atom. The second kappa shape index (κ2) is 68.0. The van der Waals surface area contributed by atoms with E-state index in [0.29, 0.717) is 6.42 Å². The summed E-state index contributed by atoms with van der Waals surface area (Å²) in [5.74, 6) is -0.837. The topological polar surface area (TPSA) is 134 Å². The molecule has 3 N–H and O–H groups in total. The molecule has 0 heterocycles. The summed E-state index contributed by atoms with van der Waals surface area (Å²) in [6.07, 6.45) is 92.2. The second-order valence-electron chi connectivity index (χ2n) is 23.0. The molecule has 2 unspecified atom stereocenters. The lowest BCUT2D eigenvalue weighted by Crippen LogP contribution is -2.29. The van der Waals surface area contributed by atoms with Crippen LogP contribution in [0, 0.1) is 0 Å². The van der Waals surface area contributed by atoms with Gasteiger partial charge in [-0.2, -0.15) is 0 Å². The number of carbonyl (C=O) groups is 2. The van der Waals surface area contributed by atoms with E-state index in [2.05, 4.69) is 111 Å². The van der Waals surface area contributed by atoms with Crippen LogP contribution in [0.2, 0.25) is 0 Å².